The van der Waals surface area contributed by atoms with E-state index in [9.17, 15) is 14.0 Å². The van der Waals surface area contributed by atoms with Gasteiger partial charge in [-0.25, -0.2) is 14.0 Å². The number of anilines is 1. The van der Waals surface area contributed by atoms with Gasteiger partial charge in [0.05, 0.1) is 5.56 Å². The zero-order valence-corrected chi connectivity index (χ0v) is 11.4. The lowest BCUT2D eigenvalue weighted by molar-refractivity contribution is 0.0692. The molecule has 2 amide bonds. The van der Waals surface area contributed by atoms with Gasteiger partial charge in [-0.1, -0.05) is 13.8 Å². The van der Waals surface area contributed by atoms with E-state index in [1.165, 1.54) is 6.07 Å². The fraction of sp³-hybridized carbons (Fsp3) is 0.429. The second kappa shape index (κ2) is 5.11. The minimum atomic E-state index is -1.37. The fourth-order valence-corrected chi connectivity index (χ4v) is 2.08. The van der Waals surface area contributed by atoms with E-state index >= 15 is 0 Å². The van der Waals surface area contributed by atoms with Gasteiger partial charge in [0.2, 0.25) is 0 Å². The van der Waals surface area contributed by atoms with Gasteiger partial charge in [0.1, 0.15) is 5.82 Å². The lowest BCUT2D eigenvalue weighted by Crippen LogP contribution is -2.31. The quantitative estimate of drug-likeness (QED) is 0.793. The monoisotopic (exact) mass is 280 g/mol. The molecule has 108 valence electrons. The molecule has 1 fully saturated rings. The van der Waals surface area contributed by atoms with E-state index in [1.54, 1.807) is 0 Å². The first kappa shape index (κ1) is 14.3. The fourth-order valence-electron chi connectivity index (χ4n) is 2.08. The maximum atomic E-state index is 13.2. The molecule has 0 radical (unpaired) electrons. The number of carbonyl (C=O) groups is 2. The first-order chi connectivity index (χ1) is 9.29. The molecule has 2 rings (SSSR count). The Morgan fingerprint density at radius 2 is 2.10 bits per heavy atom. The van der Waals surface area contributed by atoms with E-state index in [1.807, 2.05) is 0 Å². The molecule has 5 nitrogen and oxygen atoms in total. The van der Waals surface area contributed by atoms with Gasteiger partial charge in [0, 0.05) is 12.2 Å². The second-order valence-corrected chi connectivity index (χ2v) is 5.72. The highest BCUT2D eigenvalue weighted by Gasteiger charge is 2.45. The van der Waals surface area contributed by atoms with E-state index < -0.39 is 23.4 Å². The number of carboxylic acids is 1. The highest BCUT2D eigenvalue weighted by molar-refractivity contribution is 5.93. The van der Waals surface area contributed by atoms with Crippen LogP contribution < -0.4 is 10.6 Å². The molecule has 0 aliphatic heterocycles. The topological polar surface area (TPSA) is 78.4 Å². The predicted octanol–water partition coefficient (Wildman–Crippen LogP) is 2.69. The predicted molar refractivity (Wildman–Crippen MR) is 72.3 cm³/mol. The lowest BCUT2D eigenvalue weighted by atomic mass is 10.1. The Bertz CT molecular complexity index is 557. The van der Waals surface area contributed by atoms with E-state index in [0.29, 0.717) is 12.5 Å². The first-order valence-electron chi connectivity index (χ1n) is 6.37. The number of aromatic carboxylic acids is 1. The summed E-state index contributed by atoms with van der Waals surface area (Å²) in [5.74, 6) is -1.73. The van der Waals surface area contributed by atoms with Crippen molar-refractivity contribution in [1.82, 2.24) is 5.32 Å². The largest absolute Gasteiger partial charge is 0.478 e. The Hall–Kier alpha value is -2.11. The molecule has 1 saturated carbocycles. The van der Waals surface area contributed by atoms with Crippen LogP contribution >= 0.6 is 0 Å². The molecular formula is C14H17FN2O3. The van der Waals surface area contributed by atoms with Crippen LogP contribution in [0, 0.1) is 17.2 Å². The normalized spacial score (nSPS) is 19.2. The summed E-state index contributed by atoms with van der Waals surface area (Å²) in [6, 6.07) is 3.01. The van der Waals surface area contributed by atoms with Crippen LogP contribution in [0.15, 0.2) is 18.2 Å². The molecule has 0 spiro atoms. The molecule has 0 saturated heterocycles. The van der Waals surface area contributed by atoms with Crippen molar-refractivity contribution in [2.24, 2.45) is 11.3 Å². The van der Waals surface area contributed by atoms with Gasteiger partial charge in [0.15, 0.2) is 0 Å². The summed E-state index contributed by atoms with van der Waals surface area (Å²) in [7, 11) is 0. The highest BCUT2D eigenvalue weighted by Crippen LogP contribution is 2.50. The number of carboxylic acid groups (broad SMARTS) is 1. The molecule has 0 aromatic heterocycles. The standard InChI is InChI=1S/C14H17FN2O3/c1-14(2)6-8(14)7-16-13(20)17-9-3-4-11(15)10(5-9)12(18)19/h3-5,8H,6-7H2,1-2H3,(H,18,19)(H2,16,17,20). The Balaban J connectivity index is 1.91. The Morgan fingerprint density at radius 1 is 1.45 bits per heavy atom. The Kier molecular flexibility index (Phi) is 3.65. The van der Waals surface area contributed by atoms with Crippen molar-refractivity contribution in [1.29, 1.82) is 0 Å². The van der Waals surface area contributed by atoms with Crippen molar-refractivity contribution in [3.05, 3.63) is 29.6 Å². The molecule has 1 atom stereocenters. The number of hydrogen-bond donors (Lipinski definition) is 3. The number of carbonyl (C=O) groups excluding carboxylic acids is 1. The van der Waals surface area contributed by atoms with Crippen molar-refractivity contribution in [2.45, 2.75) is 20.3 Å². The first-order valence-corrected chi connectivity index (χ1v) is 6.37. The summed E-state index contributed by atoms with van der Waals surface area (Å²) >= 11 is 0. The van der Waals surface area contributed by atoms with Crippen molar-refractivity contribution in [3.63, 3.8) is 0 Å². The zero-order chi connectivity index (χ0) is 14.9. The molecular weight excluding hydrogens is 263 g/mol. The minimum Gasteiger partial charge on any atom is -0.478 e. The van der Waals surface area contributed by atoms with Crippen LogP contribution in [-0.2, 0) is 0 Å². The van der Waals surface area contributed by atoms with Gasteiger partial charge in [-0.05, 0) is 36.0 Å². The third-order valence-corrected chi connectivity index (χ3v) is 3.68. The number of halogens is 1. The number of amides is 2. The highest BCUT2D eigenvalue weighted by atomic mass is 19.1. The van der Waals surface area contributed by atoms with Crippen LogP contribution in [0.3, 0.4) is 0 Å². The van der Waals surface area contributed by atoms with Gasteiger partial charge in [-0.3, -0.25) is 0 Å². The molecule has 3 N–H and O–H groups in total. The van der Waals surface area contributed by atoms with Crippen LogP contribution in [-0.4, -0.2) is 23.7 Å². The second-order valence-electron chi connectivity index (χ2n) is 5.72. The van der Waals surface area contributed by atoms with Crippen molar-refractivity contribution in [2.75, 3.05) is 11.9 Å². The maximum Gasteiger partial charge on any atom is 0.338 e. The number of rotatable bonds is 4. The molecule has 1 aromatic carbocycles. The molecule has 6 heteroatoms. The third-order valence-electron chi connectivity index (χ3n) is 3.68. The summed E-state index contributed by atoms with van der Waals surface area (Å²) in [6.45, 7) is 4.85. The lowest BCUT2D eigenvalue weighted by Gasteiger charge is -2.09. The summed E-state index contributed by atoms with van der Waals surface area (Å²) in [6.07, 6.45) is 1.08. The van der Waals surface area contributed by atoms with Crippen molar-refractivity contribution < 1.29 is 19.1 Å². The SMILES string of the molecule is CC1(C)CC1CNC(=O)Nc1ccc(F)c(C(=O)O)c1. The number of benzene rings is 1. The molecule has 1 aliphatic rings. The number of urea groups is 1. The molecule has 0 bridgehead atoms. The average Bonchev–Trinajstić information content (AvgIpc) is 2.97. The molecule has 1 aromatic rings. The van der Waals surface area contributed by atoms with Crippen LogP contribution in [0.25, 0.3) is 0 Å². The van der Waals surface area contributed by atoms with Gasteiger partial charge in [-0.15, -0.1) is 0 Å². The molecule has 1 aliphatic carbocycles. The number of nitrogens with one attached hydrogen (secondary N) is 2. The zero-order valence-electron chi connectivity index (χ0n) is 11.4. The van der Waals surface area contributed by atoms with E-state index in [-0.39, 0.29) is 11.1 Å². The van der Waals surface area contributed by atoms with Crippen LogP contribution in [0.5, 0.6) is 0 Å². The summed E-state index contributed by atoms with van der Waals surface area (Å²) < 4.78 is 13.2. The Morgan fingerprint density at radius 3 is 2.65 bits per heavy atom. The summed E-state index contributed by atoms with van der Waals surface area (Å²) in [4.78, 5) is 22.4. The van der Waals surface area contributed by atoms with Crippen molar-refractivity contribution in [3.8, 4) is 0 Å². The van der Waals surface area contributed by atoms with Gasteiger partial charge < -0.3 is 15.7 Å². The smallest absolute Gasteiger partial charge is 0.338 e. The van der Waals surface area contributed by atoms with Crippen LogP contribution in [0.4, 0.5) is 14.9 Å². The molecule has 20 heavy (non-hydrogen) atoms. The molecule has 0 heterocycles. The number of hydrogen-bond acceptors (Lipinski definition) is 2. The maximum absolute atomic E-state index is 13.2. The molecule has 1 unspecified atom stereocenters. The Labute approximate surface area is 116 Å². The minimum absolute atomic E-state index is 0.247. The summed E-state index contributed by atoms with van der Waals surface area (Å²) in [5.41, 5.74) is 0.0575. The van der Waals surface area contributed by atoms with E-state index in [4.69, 9.17) is 5.11 Å². The van der Waals surface area contributed by atoms with Gasteiger partial charge in [-0.2, -0.15) is 0 Å². The van der Waals surface area contributed by atoms with Crippen molar-refractivity contribution >= 4 is 17.7 Å². The van der Waals surface area contributed by atoms with Gasteiger partial charge >= 0.3 is 12.0 Å². The third kappa shape index (κ3) is 3.26. The van der Waals surface area contributed by atoms with Gasteiger partial charge in [0.25, 0.3) is 0 Å². The van der Waals surface area contributed by atoms with Crippen LogP contribution in [0.2, 0.25) is 0 Å². The summed E-state index contributed by atoms with van der Waals surface area (Å²) in [5, 5.41) is 14.0. The average molecular weight is 280 g/mol. The van der Waals surface area contributed by atoms with E-state index in [0.717, 1.165) is 18.6 Å². The van der Waals surface area contributed by atoms with E-state index in [2.05, 4.69) is 24.5 Å². The van der Waals surface area contributed by atoms with Crippen LogP contribution in [0.1, 0.15) is 30.6 Å².